The molecule has 1 heterocycles. The Morgan fingerprint density at radius 1 is 1.14 bits per heavy atom. The molecule has 2 aromatic rings. The molecule has 0 unspecified atom stereocenters. The monoisotopic (exact) mass is 188 g/mol. The Kier molecular flexibility index (Phi) is 3.07. The summed E-state index contributed by atoms with van der Waals surface area (Å²) >= 11 is 0. The molecule has 14 heavy (non-hydrogen) atoms. The summed E-state index contributed by atoms with van der Waals surface area (Å²) in [6, 6.07) is 11.2. The maximum Gasteiger partial charge on any atom is 0.242 e. The standard InChI is InChI=1S/C10H6N2O.H2O/c13-7-11-10-6-5-8-3-1-2-4-9(8)12-10;/h1-6H;1H2. The third-order valence-corrected chi connectivity index (χ3v) is 1.74. The van der Waals surface area contributed by atoms with E-state index in [1.807, 2.05) is 30.3 Å². The van der Waals surface area contributed by atoms with Crippen LogP contribution in [0, 0.1) is 0 Å². The third-order valence-electron chi connectivity index (χ3n) is 1.74. The van der Waals surface area contributed by atoms with Gasteiger partial charge < -0.3 is 5.48 Å². The summed E-state index contributed by atoms with van der Waals surface area (Å²) in [5.74, 6) is 0.397. The summed E-state index contributed by atoms with van der Waals surface area (Å²) in [4.78, 5) is 17.6. The second kappa shape index (κ2) is 4.28. The third kappa shape index (κ3) is 1.82. The Hall–Kier alpha value is -2.03. The fourth-order valence-corrected chi connectivity index (χ4v) is 1.16. The van der Waals surface area contributed by atoms with Gasteiger partial charge in [-0.1, -0.05) is 18.2 Å². The van der Waals surface area contributed by atoms with Crippen LogP contribution in [0.3, 0.4) is 0 Å². The zero-order valence-electron chi connectivity index (χ0n) is 7.27. The van der Waals surface area contributed by atoms with Crippen LogP contribution in [0.15, 0.2) is 41.4 Å². The summed E-state index contributed by atoms with van der Waals surface area (Å²) in [6.45, 7) is 0. The van der Waals surface area contributed by atoms with Crippen molar-refractivity contribution in [2.24, 2.45) is 4.99 Å². The molecule has 0 aliphatic carbocycles. The van der Waals surface area contributed by atoms with Crippen molar-refractivity contribution in [1.29, 1.82) is 0 Å². The van der Waals surface area contributed by atoms with E-state index in [4.69, 9.17) is 0 Å². The molecule has 0 aliphatic rings. The van der Waals surface area contributed by atoms with Crippen molar-refractivity contribution in [3.05, 3.63) is 36.4 Å². The Bertz CT molecular complexity index is 490. The normalized spacial score (nSPS) is 8.86. The Morgan fingerprint density at radius 3 is 2.71 bits per heavy atom. The second-order valence-electron chi connectivity index (χ2n) is 2.57. The Balaban J connectivity index is 0.000000980. The van der Waals surface area contributed by atoms with Crippen molar-refractivity contribution in [1.82, 2.24) is 4.98 Å². The van der Waals surface area contributed by atoms with E-state index in [9.17, 15) is 4.79 Å². The number of hydrogen-bond acceptors (Lipinski definition) is 3. The molecule has 1 aromatic carbocycles. The van der Waals surface area contributed by atoms with Crippen LogP contribution in [-0.2, 0) is 4.79 Å². The first-order valence-corrected chi connectivity index (χ1v) is 3.84. The maximum atomic E-state index is 9.98. The van der Waals surface area contributed by atoms with Gasteiger partial charge in [0.2, 0.25) is 6.08 Å². The second-order valence-corrected chi connectivity index (χ2v) is 2.57. The van der Waals surface area contributed by atoms with Crippen molar-refractivity contribution in [2.45, 2.75) is 0 Å². The van der Waals surface area contributed by atoms with Crippen molar-refractivity contribution in [2.75, 3.05) is 0 Å². The summed E-state index contributed by atoms with van der Waals surface area (Å²) < 4.78 is 0. The largest absolute Gasteiger partial charge is 0.412 e. The number of aromatic nitrogens is 1. The molecular formula is C10H8N2O2. The molecule has 2 rings (SSSR count). The number of nitrogens with zero attached hydrogens (tertiary/aromatic N) is 2. The van der Waals surface area contributed by atoms with Crippen molar-refractivity contribution in [3.8, 4) is 0 Å². The van der Waals surface area contributed by atoms with Gasteiger partial charge in [-0.3, -0.25) is 0 Å². The van der Waals surface area contributed by atoms with Gasteiger partial charge in [0.05, 0.1) is 5.52 Å². The summed E-state index contributed by atoms with van der Waals surface area (Å²) in [5.41, 5.74) is 0.832. The first-order valence-electron chi connectivity index (χ1n) is 3.84. The zero-order chi connectivity index (χ0) is 9.10. The first-order chi connectivity index (χ1) is 6.40. The van der Waals surface area contributed by atoms with Crippen LogP contribution in [-0.4, -0.2) is 16.5 Å². The van der Waals surface area contributed by atoms with Gasteiger partial charge in [0.25, 0.3) is 0 Å². The van der Waals surface area contributed by atoms with Gasteiger partial charge in [-0.15, -0.1) is 4.99 Å². The lowest BCUT2D eigenvalue weighted by molar-refractivity contribution is 0.565. The van der Waals surface area contributed by atoms with E-state index in [-0.39, 0.29) is 5.48 Å². The van der Waals surface area contributed by atoms with Crippen LogP contribution in [0.5, 0.6) is 0 Å². The van der Waals surface area contributed by atoms with Crippen LogP contribution in [0.25, 0.3) is 10.9 Å². The summed E-state index contributed by atoms with van der Waals surface area (Å²) in [7, 11) is 0. The molecule has 1 aromatic heterocycles. The fourth-order valence-electron chi connectivity index (χ4n) is 1.16. The summed E-state index contributed by atoms with van der Waals surface area (Å²) in [5, 5.41) is 1.03. The fraction of sp³-hybridized carbons (Fsp3) is 0. The van der Waals surface area contributed by atoms with E-state index in [0.717, 1.165) is 10.9 Å². The van der Waals surface area contributed by atoms with E-state index >= 15 is 0 Å². The topological polar surface area (TPSA) is 73.8 Å². The number of fused-ring (bicyclic) bond motifs is 1. The van der Waals surface area contributed by atoms with E-state index in [0.29, 0.717) is 5.82 Å². The molecule has 4 heteroatoms. The van der Waals surface area contributed by atoms with E-state index in [1.54, 1.807) is 6.07 Å². The van der Waals surface area contributed by atoms with Crippen LogP contribution in [0.1, 0.15) is 0 Å². The lowest BCUT2D eigenvalue weighted by Crippen LogP contribution is -1.77. The number of rotatable bonds is 1. The van der Waals surface area contributed by atoms with E-state index < -0.39 is 0 Å². The SMILES string of the molecule is O.O=C=Nc1ccc2ccccc2n1. The summed E-state index contributed by atoms with van der Waals surface area (Å²) in [6.07, 6.45) is 1.46. The predicted octanol–water partition coefficient (Wildman–Crippen LogP) is 1.38. The first kappa shape index (κ1) is 10.1. The lowest BCUT2D eigenvalue weighted by Gasteiger charge is -1.95. The smallest absolute Gasteiger partial charge is 0.242 e. The highest BCUT2D eigenvalue weighted by atomic mass is 16.1. The molecule has 0 spiro atoms. The van der Waals surface area contributed by atoms with Crippen LogP contribution in [0.4, 0.5) is 5.82 Å². The number of pyridine rings is 1. The van der Waals surface area contributed by atoms with Crippen LogP contribution < -0.4 is 0 Å². The molecule has 4 nitrogen and oxygen atoms in total. The van der Waals surface area contributed by atoms with Crippen molar-refractivity contribution < 1.29 is 10.3 Å². The Labute approximate surface area is 80.2 Å². The number of hydrogen-bond donors (Lipinski definition) is 0. The maximum absolute atomic E-state index is 9.98. The van der Waals surface area contributed by atoms with Crippen LogP contribution in [0.2, 0.25) is 0 Å². The van der Waals surface area contributed by atoms with Crippen molar-refractivity contribution >= 4 is 22.8 Å². The Morgan fingerprint density at radius 2 is 1.93 bits per heavy atom. The molecule has 0 fully saturated rings. The van der Waals surface area contributed by atoms with Gasteiger partial charge in [0.1, 0.15) is 0 Å². The average Bonchev–Trinajstić information content (AvgIpc) is 2.18. The van der Waals surface area contributed by atoms with E-state index in [1.165, 1.54) is 6.08 Å². The number of carbonyl (C=O) groups excluding carboxylic acids is 1. The highest BCUT2D eigenvalue weighted by molar-refractivity contribution is 5.79. The molecular weight excluding hydrogens is 180 g/mol. The van der Waals surface area contributed by atoms with Gasteiger partial charge in [0, 0.05) is 5.39 Å². The quantitative estimate of drug-likeness (QED) is 0.500. The number of benzene rings is 1. The number of aliphatic imine (C=N–C) groups is 1. The van der Waals surface area contributed by atoms with Gasteiger partial charge in [0.15, 0.2) is 5.82 Å². The molecule has 0 saturated carbocycles. The molecule has 0 aliphatic heterocycles. The number of isocyanates is 1. The zero-order valence-corrected chi connectivity index (χ0v) is 7.27. The number of para-hydroxylation sites is 1. The highest BCUT2D eigenvalue weighted by Gasteiger charge is 1.94. The van der Waals surface area contributed by atoms with Crippen molar-refractivity contribution in [3.63, 3.8) is 0 Å². The van der Waals surface area contributed by atoms with Gasteiger partial charge in [-0.2, -0.15) is 0 Å². The minimum atomic E-state index is 0. The molecule has 0 amide bonds. The minimum Gasteiger partial charge on any atom is -0.412 e. The minimum absolute atomic E-state index is 0. The molecule has 0 radical (unpaired) electrons. The van der Waals surface area contributed by atoms with Gasteiger partial charge in [-0.05, 0) is 18.2 Å². The van der Waals surface area contributed by atoms with E-state index in [2.05, 4.69) is 9.98 Å². The molecule has 0 bridgehead atoms. The van der Waals surface area contributed by atoms with Crippen LogP contribution >= 0.6 is 0 Å². The van der Waals surface area contributed by atoms with Gasteiger partial charge in [-0.25, -0.2) is 9.78 Å². The molecule has 2 N–H and O–H groups in total. The molecule has 0 atom stereocenters. The highest BCUT2D eigenvalue weighted by Crippen LogP contribution is 2.15. The molecule has 70 valence electrons. The molecule has 0 saturated heterocycles. The van der Waals surface area contributed by atoms with Gasteiger partial charge >= 0.3 is 0 Å². The predicted molar refractivity (Wildman–Crippen MR) is 53.1 cm³/mol. The lowest BCUT2D eigenvalue weighted by atomic mass is 10.2. The average molecular weight is 188 g/mol.